The van der Waals surface area contributed by atoms with E-state index in [1.165, 1.54) is 6.07 Å². The average molecular weight is 285 g/mol. The Morgan fingerprint density at radius 1 is 1.32 bits per heavy atom. The van der Waals surface area contributed by atoms with Gasteiger partial charge in [-0.15, -0.1) is 0 Å². The molecule has 6 nitrogen and oxygen atoms in total. The quantitative estimate of drug-likeness (QED) is 0.605. The second kappa shape index (κ2) is 4.99. The molecule has 0 heterocycles. The fourth-order valence-electron chi connectivity index (χ4n) is 2.39. The van der Waals surface area contributed by atoms with Gasteiger partial charge in [0.05, 0.1) is 11.3 Å². The lowest BCUT2D eigenvalue weighted by Gasteiger charge is -2.23. The van der Waals surface area contributed by atoms with Crippen molar-refractivity contribution >= 4 is 21.4 Å². The topological polar surface area (TPSA) is 118 Å². The van der Waals surface area contributed by atoms with Crippen LogP contribution in [0.2, 0.25) is 0 Å². The van der Waals surface area contributed by atoms with Crippen LogP contribution < -0.4 is 16.2 Å². The van der Waals surface area contributed by atoms with Gasteiger partial charge >= 0.3 is 0 Å². The van der Waals surface area contributed by atoms with E-state index in [0.29, 0.717) is 17.9 Å². The molecule has 0 spiro atoms. The number of nitrogen functional groups attached to an aromatic ring is 1. The predicted octanol–water partition coefficient (Wildman–Crippen LogP) is 0.633. The number of nitrogens with two attached hydrogens (primary N) is 2. The molecular formula is C12H19N3O3S. The third-order valence-electron chi connectivity index (χ3n) is 3.45. The van der Waals surface area contributed by atoms with Crippen LogP contribution in [0.15, 0.2) is 23.1 Å². The average Bonchev–Trinajstić information content (AvgIpc) is 2.74. The van der Waals surface area contributed by atoms with E-state index in [1.807, 2.05) is 0 Å². The SMILES string of the molecule is Nc1ccc(NCC2(O)CCCC2)c(S(N)(=O)=O)c1. The number of aliphatic hydroxyl groups is 1. The maximum atomic E-state index is 11.5. The molecule has 0 radical (unpaired) electrons. The molecule has 0 saturated heterocycles. The monoisotopic (exact) mass is 285 g/mol. The number of hydrogen-bond acceptors (Lipinski definition) is 5. The highest BCUT2D eigenvalue weighted by Crippen LogP contribution is 2.30. The van der Waals surface area contributed by atoms with E-state index >= 15 is 0 Å². The molecule has 1 aromatic rings. The zero-order valence-electron chi connectivity index (χ0n) is 10.6. The molecule has 0 amide bonds. The van der Waals surface area contributed by atoms with E-state index in [-0.39, 0.29) is 4.90 Å². The minimum atomic E-state index is -3.85. The second-order valence-electron chi connectivity index (χ2n) is 5.09. The second-order valence-corrected chi connectivity index (χ2v) is 6.62. The van der Waals surface area contributed by atoms with Gasteiger partial charge in [-0.05, 0) is 31.0 Å². The number of anilines is 2. The summed E-state index contributed by atoms with van der Waals surface area (Å²) in [6.07, 6.45) is 3.42. The molecule has 2 rings (SSSR count). The standard InChI is InChI=1S/C12H19N3O3S/c13-9-3-4-10(11(7-9)19(14,17)18)15-8-12(16)5-1-2-6-12/h3-4,7,15-16H,1-2,5-6,8,13H2,(H2,14,17,18). The maximum absolute atomic E-state index is 11.5. The molecule has 7 heteroatoms. The van der Waals surface area contributed by atoms with Crippen LogP contribution in [0.4, 0.5) is 11.4 Å². The van der Waals surface area contributed by atoms with Crippen molar-refractivity contribution in [3.05, 3.63) is 18.2 Å². The highest BCUT2D eigenvalue weighted by molar-refractivity contribution is 7.89. The van der Waals surface area contributed by atoms with Gasteiger partial charge in [0.2, 0.25) is 10.0 Å². The van der Waals surface area contributed by atoms with Gasteiger partial charge in [-0.25, -0.2) is 13.6 Å². The molecule has 106 valence electrons. The summed E-state index contributed by atoms with van der Waals surface area (Å²) in [5.41, 5.74) is 5.50. The van der Waals surface area contributed by atoms with Gasteiger partial charge in [-0.3, -0.25) is 0 Å². The van der Waals surface area contributed by atoms with E-state index in [1.54, 1.807) is 12.1 Å². The van der Waals surface area contributed by atoms with Crippen LogP contribution in [0.1, 0.15) is 25.7 Å². The van der Waals surface area contributed by atoms with E-state index in [2.05, 4.69) is 5.32 Å². The molecule has 19 heavy (non-hydrogen) atoms. The molecule has 0 unspecified atom stereocenters. The molecule has 1 aliphatic carbocycles. The van der Waals surface area contributed by atoms with Gasteiger partial charge in [0.15, 0.2) is 0 Å². The van der Waals surface area contributed by atoms with Crippen molar-refractivity contribution < 1.29 is 13.5 Å². The first-order valence-electron chi connectivity index (χ1n) is 6.19. The molecule has 0 aromatic heterocycles. The van der Waals surface area contributed by atoms with Crippen LogP contribution in [-0.4, -0.2) is 25.7 Å². The lowest BCUT2D eigenvalue weighted by molar-refractivity contribution is 0.0614. The maximum Gasteiger partial charge on any atom is 0.240 e. The Balaban J connectivity index is 2.21. The minimum Gasteiger partial charge on any atom is -0.399 e. The van der Waals surface area contributed by atoms with Gasteiger partial charge < -0.3 is 16.2 Å². The Bertz CT molecular complexity index is 566. The number of rotatable bonds is 4. The predicted molar refractivity (Wildman–Crippen MR) is 74.1 cm³/mol. The molecule has 1 aliphatic rings. The Morgan fingerprint density at radius 2 is 1.95 bits per heavy atom. The van der Waals surface area contributed by atoms with Gasteiger partial charge in [0.25, 0.3) is 0 Å². The summed E-state index contributed by atoms with van der Waals surface area (Å²) >= 11 is 0. The summed E-state index contributed by atoms with van der Waals surface area (Å²) in [6, 6.07) is 4.47. The molecule has 0 aliphatic heterocycles. The molecule has 6 N–H and O–H groups in total. The lowest BCUT2D eigenvalue weighted by atomic mass is 10.0. The van der Waals surface area contributed by atoms with Gasteiger partial charge in [-0.1, -0.05) is 12.8 Å². The Kier molecular flexibility index (Phi) is 3.71. The highest BCUT2D eigenvalue weighted by atomic mass is 32.2. The van der Waals surface area contributed by atoms with E-state index in [9.17, 15) is 13.5 Å². The van der Waals surface area contributed by atoms with Crippen LogP contribution in [0.25, 0.3) is 0 Å². The molecule has 0 bridgehead atoms. The smallest absolute Gasteiger partial charge is 0.240 e. The van der Waals surface area contributed by atoms with Crippen molar-refractivity contribution in [3.8, 4) is 0 Å². The lowest BCUT2D eigenvalue weighted by Crippen LogP contribution is -2.34. The number of primary sulfonamides is 1. The third-order valence-corrected chi connectivity index (χ3v) is 4.41. The number of sulfonamides is 1. The number of benzene rings is 1. The van der Waals surface area contributed by atoms with E-state index < -0.39 is 15.6 Å². The normalized spacial score (nSPS) is 18.4. The van der Waals surface area contributed by atoms with Crippen molar-refractivity contribution in [1.29, 1.82) is 0 Å². The molecule has 1 fully saturated rings. The molecule has 0 atom stereocenters. The third kappa shape index (κ3) is 3.37. The van der Waals surface area contributed by atoms with Crippen LogP contribution in [0, 0.1) is 0 Å². The fourth-order valence-corrected chi connectivity index (χ4v) is 3.14. The van der Waals surface area contributed by atoms with Crippen molar-refractivity contribution in [2.75, 3.05) is 17.6 Å². The summed E-state index contributed by atoms with van der Waals surface area (Å²) in [5, 5.41) is 18.4. The fraction of sp³-hybridized carbons (Fsp3) is 0.500. The minimum absolute atomic E-state index is 0.0471. The van der Waals surface area contributed by atoms with E-state index in [0.717, 1.165) is 25.7 Å². The molecule has 1 saturated carbocycles. The van der Waals surface area contributed by atoms with Gasteiger partial charge in [-0.2, -0.15) is 0 Å². The summed E-state index contributed by atoms with van der Waals surface area (Å²) in [4.78, 5) is -0.0471. The van der Waals surface area contributed by atoms with Crippen molar-refractivity contribution in [1.82, 2.24) is 0 Å². The first kappa shape index (κ1) is 14.1. The van der Waals surface area contributed by atoms with Crippen molar-refractivity contribution in [2.45, 2.75) is 36.2 Å². The Hall–Kier alpha value is -1.31. The van der Waals surface area contributed by atoms with Gasteiger partial charge in [0, 0.05) is 12.2 Å². The largest absolute Gasteiger partial charge is 0.399 e. The molecular weight excluding hydrogens is 266 g/mol. The Labute approximate surface area is 112 Å². The van der Waals surface area contributed by atoms with Crippen molar-refractivity contribution in [3.63, 3.8) is 0 Å². The zero-order chi connectivity index (χ0) is 14.1. The zero-order valence-corrected chi connectivity index (χ0v) is 11.4. The van der Waals surface area contributed by atoms with Crippen LogP contribution in [0.5, 0.6) is 0 Å². The van der Waals surface area contributed by atoms with Crippen LogP contribution in [0.3, 0.4) is 0 Å². The van der Waals surface area contributed by atoms with E-state index in [4.69, 9.17) is 10.9 Å². The first-order valence-corrected chi connectivity index (χ1v) is 7.73. The summed E-state index contributed by atoms with van der Waals surface area (Å²) in [5.74, 6) is 0. The summed E-state index contributed by atoms with van der Waals surface area (Å²) < 4.78 is 23.0. The number of nitrogens with one attached hydrogen (secondary N) is 1. The molecule has 1 aromatic carbocycles. The number of hydrogen-bond donors (Lipinski definition) is 4. The first-order chi connectivity index (χ1) is 8.80. The van der Waals surface area contributed by atoms with Crippen LogP contribution in [-0.2, 0) is 10.0 Å². The van der Waals surface area contributed by atoms with Crippen LogP contribution >= 0.6 is 0 Å². The summed E-state index contributed by atoms with van der Waals surface area (Å²) in [6.45, 7) is 0.305. The summed E-state index contributed by atoms with van der Waals surface area (Å²) in [7, 11) is -3.85. The van der Waals surface area contributed by atoms with Gasteiger partial charge in [0.1, 0.15) is 4.90 Å². The van der Waals surface area contributed by atoms with Crippen molar-refractivity contribution in [2.24, 2.45) is 5.14 Å². The highest BCUT2D eigenvalue weighted by Gasteiger charge is 2.31. The Morgan fingerprint density at radius 3 is 2.53 bits per heavy atom.